The second kappa shape index (κ2) is 2.51. The number of nitrogens with zero attached hydrogens (tertiary/aromatic N) is 1. The second-order valence-electron chi connectivity index (χ2n) is 1.75. The maximum Gasteiger partial charge on any atom is 0.308 e. The molecule has 4 nitrogen and oxygen atoms in total. The smallest absolute Gasteiger partial charge is 0.308 e. The fraction of sp³-hybridized carbons (Fsp3) is 0.333. The zero-order valence-corrected chi connectivity index (χ0v) is 5.75. The molecule has 0 N–H and O–H groups in total. The monoisotopic (exact) mass is 141 g/mol. The fourth-order valence-electron chi connectivity index (χ4n) is 0.642. The fourth-order valence-corrected chi connectivity index (χ4v) is 0.642. The van der Waals surface area contributed by atoms with Gasteiger partial charge in [0.25, 0.3) is 5.89 Å². The van der Waals surface area contributed by atoms with Crippen LogP contribution in [0.5, 0.6) is 5.95 Å². The third-order valence-corrected chi connectivity index (χ3v) is 1.06. The first-order chi connectivity index (χ1) is 4.77. The van der Waals surface area contributed by atoms with Gasteiger partial charge in [0.15, 0.2) is 0 Å². The van der Waals surface area contributed by atoms with Crippen LogP contribution in [0.4, 0.5) is 0 Å². The number of hydrogen-bond acceptors (Lipinski definition) is 4. The second-order valence-corrected chi connectivity index (χ2v) is 1.75. The molecular formula is C6H7NO3. The van der Waals surface area contributed by atoms with E-state index in [1.807, 2.05) is 0 Å². The molecule has 0 aromatic carbocycles. The largest absolute Gasteiger partial charge is 0.467 e. The quantitative estimate of drug-likeness (QED) is 0.572. The summed E-state index contributed by atoms with van der Waals surface area (Å²) < 4.78 is 9.55. The van der Waals surface area contributed by atoms with Crippen LogP contribution in [-0.4, -0.2) is 18.4 Å². The first-order valence-corrected chi connectivity index (χ1v) is 2.74. The first-order valence-electron chi connectivity index (χ1n) is 2.74. The van der Waals surface area contributed by atoms with Crippen molar-refractivity contribution in [3.63, 3.8) is 0 Å². The van der Waals surface area contributed by atoms with E-state index in [1.165, 1.54) is 7.11 Å². The van der Waals surface area contributed by atoms with Crippen LogP contribution in [0.25, 0.3) is 0 Å². The summed E-state index contributed by atoms with van der Waals surface area (Å²) in [5.41, 5.74) is 0.588. The number of oxazole rings is 1. The molecule has 54 valence electrons. The third kappa shape index (κ3) is 1.00. The van der Waals surface area contributed by atoms with Gasteiger partial charge < -0.3 is 9.15 Å². The van der Waals surface area contributed by atoms with Crippen molar-refractivity contribution in [3.8, 4) is 5.95 Å². The number of hydrogen-bond donors (Lipinski definition) is 0. The van der Waals surface area contributed by atoms with E-state index in [0.29, 0.717) is 17.9 Å². The summed E-state index contributed by atoms with van der Waals surface area (Å²) in [4.78, 5) is 13.8. The Bertz CT molecular complexity index is 241. The van der Waals surface area contributed by atoms with Crippen LogP contribution in [0.1, 0.15) is 16.4 Å². The van der Waals surface area contributed by atoms with Crippen molar-refractivity contribution in [1.82, 2.24) is 4.98 Å². The number of aromatic nitrogens is 1. The van der Waals surface area contributed by atoms with Crippen molar-refractivity contribution < 1.29 is 13.9 Å². The summed E-state index contributed by atoms with van der Waals surface area (Å²) in [6.07, 6.45) is 0.537. The van der Waals surface area contributed by atoms with Crippen molar-refractivity contribution >= 4 is 6.29 Å². The zero-order valence-electron chi connectivity index (χ0n) is 5.75. The number of aldehydes is 1. The van der Waals surface area contributed by atoms with E-state index in [2.05, 4.69) is 4.98 Å². The number of carbonyl (C=O) groups is 1. The van der Waals surface area contributed by atoms with Crippen molar-refractivity contribution in [1.29, 1.82) is 0 Å². The van der Waals surface area contributed by atoms with E-state index in [9.17, 15) is 4.79 Å². The molecule has 0 fully saturated rings. The van der Waals surface area contributed by atoms with Gasteiger partial charge in [0.2, 0.25) is 6.29 Å². The minimum atomic E-state index is 0.0503. The molecular weight excluding hydrogens is 134 g/mol. The van der Waals surface area contributed by atoms with Crippen LogP contribution in [0.15, 0.2) is 4.42 Å². The molecule has 0 radical (unpaired) electrons. The molecule has 0 saturated heterocycles. The van der Waals surface area contributed by atoms with Gasteiger partial charge in [-0.3, -0.25) is 4.79 Å². The highest BCUT2D eigenvalue weighted by Gasteiger charge is 2.07. The summed E-state index contributed by atoms with van der Waals surface area (Å²) in [5.74, 6) is 0.344. The average molecular weight is 141 g/mol. The van der Waals surface area contributed by atoms with E-state index < -0.39 is 0 Å². The summed E-state index contributed by atoms with van der Waals surface area (Å²) in [6.45, 7) is 1.70. The molecule has 0 aliphatic carbocycles. The van der Waals surface area contributed by atoms with Gasteiger partial charge in [-0.15, -0.1) is 0 Å². The zero-order chi connectivity index (χ0) is 7.56. The van der Waals surface area contributed by atoms with Crippen LogP contribution in [-0.2, 0) is 0 Å². The maximum atomic E-state index is 10.1. The predicted molar refractivity (Wildman–Crippen MR) is 33.2 cm³/mol. The van der Waals surface area contributed by atoms with Gasteiger partial charge in [0, 0.05) is 0 Å². The van der Waals surface area contributed by atoms with E-state index in [-0.39, 0.29) is 5.89 Å². The normalized spacial score (nSPS) is 9.40. The highest BCUT2D eigenvalue weighted by molar-refractivity contribution is 5.67. The molecule has 0 unspecified atom stereocenters. The molecule has 4 heteroatoms. The molecule has 0 amide bonds. The number of carbonyl (C=O) groups excluding carboxylic acids is 1. The van der Waals surface area contributed by atoms with Gasteiger partial charge in [0.1, 0.15) is 5.69 Å². The Labute approximate surface area is 57.8 Å². The van der Waals surface area contributed by atoms with Crippen molar-refractivity contribution in [2.24, 2.45) is 0 Å². The maximum absolute atomic E-state index is 10.1. The van der Waals surface area contributed by atoms with Gasteiger partial charge in [-0.2, -0.15) is 0 Å². The van der Waals surface area contributed by atoms with Crippen molar-refractivity contribution in [2.45, 2.75) is 6.92 Å². The summed E-state index contributed by atoms with van der Waals surface area (Å²) in [5, 5.41) is 0. The van der Waals surface area contributed by atoms with Gasteiger partial charge in [-0.25, -0.2) is 4.98 Å². The molecule has 0 spiro atoms. The summed E-state index contributed by atoms with van der Waals surface area (Å²) in [7, 11) is 1.46. The minimum absolute atomic E-state index is 0.0503. The highest BCUT2D eigenvalue weighted by Crippen LogP contribution is 2.16. The van der Waals surface area contributed by atoms with Gasteiger partial charge in [0.05, 0.1) is 7.11 Å². The van der Waals surface area contributed by atoms with E-state index in [4.69, 9.17) is 9.15 Å². The van der Waals surface area contributed by atoms with E-state index in [0.717, 1.165) is 0 Å². The molecule has 10 heavy (non-hydrogen) atoms. The summed E-state index contributed by atoms with van der Waals surface area (Å²) in [6, 6.07) is 0. The Kier molecular flexibility index (Phi) is 1.71. The lowest BCUT2D eigenvalue weighted by atomic mass is 10.5. The van der Waals surface area contributed by atoms with Crippen LogP contribution >= 0.6 is 0 Å². The Morgan fingerprint density at radius 3 is 2.70 bits per heavy atom. The Balaban J connectivity index is 3.03. The Morgan fingerprint density at radius 2 is 2.40 bits per heavy atom. The Hall–Kier alpha value is -1.32. The predicted octanol–water partition coefficient (Wildman–Crippen LogP) is 0.804. The van der Waals surface area contributed by atoms with Crippen LogP contribution in [0, 0.1) is 6.92 Å². The Morgan fingerprint density at radius 1 is 1.70 bits per heavy atom. The van der Waals surface area contributed by atoms with Gasteiger partial charge >= 0.3 is 5.95 Å². The van der Waals surface area contributed by atoms with Crippen LogP contribution in [0.3, 0.4) is 0 Å². The average Bonchev–Trinajstić information content (AvgIpc) is 2.30. The van der Waals surface area contributed by atoms with Gasteiger partial charge in [-0.1, -0.05) is 0 Å². The van der Waals surface area contributed by atoms with Crippen molar-refractivity contribution in [2.75, 3.05) is 7.11 Å². The minimum Gasteiger partial charge on any atom is -0.467 e. The number of rotatable bonds is 2. The molecule has 0 saturated carbocycles. The molecule has 1 aromatic heterocycles. The van der Waals surface area contributed by atoms with Crippen LogP contribution in [0.2, 0.25) is 0 Å². The number of aryl methyl sites for hydroxylation is 1. The number of ether oxygens (including phenoxy) is 1. The van der Waals surface area contributed by atoms with E-state index in [1.54, 1.807) is 6.92 Å². The molecule has 0 atom stereocenters. The van der Waals surface area contributed by atoms with Crippen molar-refractivity contribution in [3.05, 3.63) is 11.6 Å². The topological polar surface area (TPSA) is 52.3 Å². The molecule has 1 heterocycles. The highest BCUT2D eigenvalue weighted by atomic mass is 16.6. The standard InChI is InChI=1S/C6H7NO3/c1-4-6(9-2)10-5(3-8)7-4/h3H,1-2H3. The molecule has 0 aliphatic heterocycles. The third-order valence-electron chi connectivity index (χ3n) is 1.06. The first kappa shape index (κ1) is 6.80. The molecule has 1 rings (SSSR count). The lowest BCUT2D eigenvalue weighted by Gasteiger charge is -1.89. The lowest BCUT2D eigenvalue weighted by Crippen LogP contribution is -1.81. The SMILES string of the molecule is COc1oc(C=O)nc1C. The van der Waals surface area contributed by atoms with E-state index >= 15 is 0 Å². The lowest BCUT2D eigenvalue weighted by molar-refractivity contribution is 0.108. The molecule has 0 bridgehead atoms. The number of methoxy groups -OCH3 is 1. The summed E-state index contributed by atoms with van der Waals surface area (Å²) >= 11 is 0. The molecule has 1 aromatic rings. The molecule has 0 aliphatic rings. The van der Waals surface area contributed by atoms with Crippen LogP contribution < -0.4 is 4.74 Å². The van der Waals surface area contributed by atoms with Gasteiger partial charge in [-0.05, 0) is 6.92 Å².